The molecule has 3 aromatic rings. The molecule has 0 fully saturated rings. The van der Waals surface area contributed by atoms with E-state index in [-0.39, 0.29) is 5.97 Å². The number of nitrogens with zero attached hydrogens (tertiary/aromatic N) is 1. The molecule has 2 aromatic carbocycles. The summed E-state index contributed by atoms with van der Waals surface area (Å²) in [6.45, 7) is 2.15. The highest BCUT2D eigenvalue weighted by atomic mass is 32.1. The van der Waals surface area contributed by atoms with Gasteiger partial charge in [0.05, 0.1) is 17.0 Å². The molecule has 0 saturated heterocycles. The van der Waals surface area contributed by atoms with Crippen LogP contribution in [-0.4, -0.2) is 17.6 Å². The molecule has 0 unspecified atom stereocenters. The number of hydrogen-bond donors (Lipinski definition) is 0. The average molecular weight is 283 g/mol. The van der Waals surface area contributed by atoms with Gasteiger partial charge in [0.1, 0.15) is 0 Å². The second-order valence-corrected chi connectivity index (χ2v) is 5.13. The first kappa shape index (κ1) is 12.8. The lowest BCUT2D eigenvalue weighted by Gasteiger charge is -2.06. The first-order valence-electron chi connectivity index (χ1n) is 6.40. The average Bonchev–Trinajstić information content (AvgIpc) is 2.96. The molecule has 0 aliphatic carbocycles. The Bertz CT molecular complexity index is 759. The number of carbonyl (C=O) groups is 1. The lowest BCUT2D eigenvalue weighted by molar-refractivity contribution is 0.0521. The van der Waals surface area contributed by atoms with Crippen molar-refractivity contribution in [3.63, 3.8) is 0 Å². The van der Waals surface area contributed by atoms with Crippen molar-refractivity contribution >= 4 is 28.1 Å². The van der Waals surface area contributed by atoms with Crippen LogP contribution in [0.4, 0.5) is 0 Å². The molecule has 0 saturated carbocycles. The van der Waals surface area contributed by atoms with Gasteiger partial charge in [0.25, 0.3) is 0 Å². The predicted octanol–water partition coefficient (Wildman–Crippen LogP) is 4.14. The summed E-state index contributed by atoms with van der Waals surface area (Å²) in [4.78, 5) is 17.0. The molecule has 0 bridgehead atoms. The Morgan fingerprint density at radius 2 is 2.00 bits per heavy atom. The summed E-state index contributed by atoms with van der Waals surface area (Å²) in [5.41, 5.74) is 3.10. The molecule has 0 atom stereocenters. The van der Waals surface area contributed by atoms with Crippen LogP contribution < -0.4 is 0 Å². The highest BCUT2D eigenvalue weighted by molar-refractivity contribution is 7.13. The summed E-state index contributed by atoms with van der Waals surface area (Å²) in [5.74, 6) is -0.364. The second kappa shape index (κ2) is 5.43. The van der Waals surface area contributed by atoms with Gasteiger partial charge in [0.15, 0.2) is 5.69 Å². The first-order valence-corrected chi connectivity index (χ1v) is 7.28. The van der Waals surface area contributed by atoms with Gasteiger partial charge in [-0.05, 0) is 17.7 Å². The molecular weight excluding hydrogens is 270 g/mol. The van der Waals surface area contributed by atoms with Gasteiger partial charge in [-0.1, -0.05) is 42.5 Å². The zero-order valence-electron chi connectivity index (χ0n) is 11.0. The zero-order valence-corrected chi connectivity index (χ0v) is 11.8. The Labute approximate surface area is 120 Å². The number of rotatable bonds is 3. The maximum absolute atomic E-state index is 12.0. The number of ether oxygens (including phenoxy) is 1. The summed E-state index contributed by atoms with van der Waals surface area (Å²) >= 11 is 1.46. The number of carbonyl (C=O) groups excluding carboxylic acids is 1. The van der Waals surface area contributed by atoms with Crippen molar-refractivity contribution in [3.05, 3.63) is 53.7 Å². The van der Waals surface area contributed by atoms with Crippen molar-refractivity contribution < 1.29 is 9.53 Å². The van der Waals surface area contributed by atoms with E-state index in [2.05, 4.69) is 23.2 Å². The second-order valence-electron chi connectivity index (χ2n) is 4.28. The highest BCUT2D eigenvalue weighted by Crippen LogP contribution is 2.33. The SMILES string of the molecule is CCOC(=O)c1ncsc1-c1cccc2ccccc12. The third-order valence-corrected chi connectivity index (χ3v) is 3.93. The van der Waals surface area contributed by atoms with Crippen LogP contribution in [0.25, 0.3) is 21.2 Å². The minimum atomic E-state index is -0.364. The number of thiazole rings is 1. The van der Waals surface area contributed by atoms with Crippen LogP contribution >= 0.6 is 11.3 Å². The van der Waals surface area contributed by atoms with Crippen LogP contribution in [0.15, 0.2) is 48.0 Å². The zero-order chi connectivity index (χ0) is 13.9. The number of aromatic nitrogens is 1. The minimum absolute atomic E-state index is 0.353. The number of hydrogen-bond acceptors (Lipinski definition) is 4. The van der Waals surface area contributed by atoms with Gasteiger partial charge >= 0.3 is 5.97 Å². The van der Waals surface area contributed by atoms with E-state index in [0.29, 0.717) is 12.3 Å². The maximum Gasteiger partial charge on any atom is 0.358 e. The van der Waals surface area contributed by atoms with Crippen molar-refractivity contribution in [1.29, 1.82) is 0 Å². The van der Waals surface area contributed by atoms with E-state index in [4.69, 9.17) is 4.74 Å². The standard InChI is InChI=1S/C16H13NO2S/c1-2-19-16(18)14-15(20-10-17-14)13-9-5-7-11-6-3-4-8-12(11)13/h3-10H,2H2,1H3. The van der Waals surface area contributed by atoms with Gasteiger partial charge < -0.3 is 4.74 Å². The predicted molar refractivity (Wildman–Crippen MR) is 81.0 cm³/mol. The van der Waals surface area contributed by atoms with Crippen LogP contribution in [0.2, 0.25) is 0 Å². The van der Waals surface area contributed by atoms with E-state index in [9.17, 15) is 4.79 Å². The molecule has 0 aliphatic rings. The van der Waals surface area contributed by atoms with Gasteiger partial charge in [-0.3, -0.25) is 0 Å². The van der Waals surface area contributed by atoms with Crippen LogP contribution in [0, 0.1) is 0 Å². The number of fused-ring (bicyclic) bond motifs is 1. The lowest BCUT2D eigenvalue weighted by Crippen LogP contribution is -2.06. The molecule has 0 spiro atoms. The molecule has 4 heteroatoms. The van der Waals surface area contributed by atoms with Crippen LogP contribution in [0.1, 0.15) is 17.4 Å². The maximum atomic E-state index is 12.0. The minimum Gasteiger partial charge on any atom is -0.461 e. The monoisotopic (exact) mass is 283 g/mol. The first-order chi connectivity index (χ1) is 9.81. The van der Waals surface area contributed by atoms with Crippen molar-refractivity contribution in [3.8, 4) is 10.4 Å². The van der Waals surface area contributed by atoms with Crippen LogP contribution in [0.3, 0.4) is 0 Å². The Morgan fingerprint density at radius 1 is 1.20 bits per heavy atom. The third-order valence-electron chi connectivity index (χ3n) is 3.07. The fraction of sp³-hybridized carbons (Fsp3) is 0.125. The molecular formula is C16H13NO2S. The topological polar surface area (TPSA) is 39.2 Å². The molecule has 3 nitrogen and oxygen atoms in total. The third kappa shape index (κ3) is 2.18. The normalized spacial score (nSPS) is 10.7. The van der Waals surface area contributed by atoms with Gasteiger partial charge in [-0.25, -0.2) is 9.78 Å². The molecule has 0 amide bonds. The number of esters is 1. The summed E-state index contributed by atoms with van der Waals surface area (Å²) < 4.78 is 5.07. The van der Waals surface area contributed by atoms with Gasteiger partial charge in [0.2, 0.25) is 0 Å². The summed E-state index contributed by atoms with van der Waals surface area (Å²) in [7, 11) is 0. The van der Waals surface area contributed by atoms with E-state index < -0.39 is 0 Å². The van der Waals surface area contributed by atoms with Crippen LogP contribution in [-0.2, 0) is 4.74 Å². The fourth-order valence-electron chi connectivity index (χ4n) is 2.21. The Balaban J connectivity index is 2.17. The summed E-state index contributed by atoms with van der Waals surface area (Å²) in [5, 5.41) is 2.26. The lowest BCUT2D eigenvalue weighted by atomic mass is 10.0. The molecule has 0 radical (unpaired) electrons. The van der Waals surface area contributed by atoms with Gasteiger partial charge in [-0.15, -0.1) is 11.3 Å². The van der Waals surface area contributed by atoms with E-state index in [1.807, 2.05) is 24.3 Å². The summed E-state index contributed by atoms with van der Waals surface area (Å²) in [6.07, 6.45) is 0. The van der Waals surface area contributed by atoms with E-state index in [1.165, 1.54) is 11.3 Å². The Hall–Kier alpha value is -2.20. The van der Waals surface area contributed by atoms with Crippen molar-refractivity contribution in [1.82, 2.24) is 4.98 Å². The highest BCUT2D eigenvalue weighted by Gasteiger charge is 2.18. The Morgan fingerprint density at radius 3 is 2.85 bits per heavy atom. The van der Waals surface area contributed by atoms with E-state index >= 15 is 0 Å². The Kier molecular flexibility index (Phi) is 3.48. The largest absolute Gasteiger partial charge is 0.461 e. The smallest absolute Gasteiger partial charge is 0.358 e. The molecule has 100 valence electrons. The molecule has 20 heavy (non-hydrogen) atoms. The molecule has 1 aromatic heterocycles. The molecule has 0 N–H and O–H groups in total. The van der Waals surface area contributed by atoms with E-state index in [1.54, 1.807) is 12.4 Å². The quantitative estimate of drug-likeness (QED) is 0.678. The van der Waals surface area contributed by atoms with Gasteiger partial charge in [0, 0.05) is 5.56 Å². The van der Waals surface area contributed by atoms with Gasteiger partial charge in [-0.2, -0.15) is 0 Å². The summed E-state index contributed by atoms with van der Waals surface area (Å²) in [6, 6.07) is 14.2. The fourth-order valence-corrected chi connectivity index (χ4v) is 3.02. The van der Waals surface area contributed by atoms with Crippen LogP contribution in [0.5, 0.6) is 0 Å². The molecule has 0 aliphatic heterocycles. The molecule has 1 heterocycles. The number of benzene rings is 2. The van der Waals surface area contributed by atoms with Crippen molar-refractivity contribution in [2.75, 3.05) is 6.61 Å². The molecule has 3 rings (SSSR count). The van der Waals surface area contributed by atoms with Crippen molar-refractivity contribution in [2.24, 2.45) is 0 Å². The van der Waals surface area contributed by atoms with Crippen molar-refractivity contribution in [2.45, 2.75) is 6.92 Å². The van der Waals surface area contributed by atoms with E-state index in [0.717, 1.165) is 21.2 Å².